The number of nitrogens with two attached hydrogens (primary N) is 1. The Balaban J connectivity index is 2.27. The number of aliphatic hydroxyl groups excluding tert-OH is 1. The van der Waals surface area contributed by atoms with Crippen LogP contribution in [-0.2, 0) is 0 Å². The summed E-state index contributed by atoms with van der Waals surface area (Å²) in [6, 6.07) is 2.01. The second-order valence-corrected chi connectivity index (χ2v) is 4.17. The SMILES string of the molecule is Cc1cc(C2CCC2)nc(C(O)CN)n1. The summed E-state index contributed by atoms with van der Waals surface area (Å²) in [5, 5.41) is 9.60. The molecule has 0 saturated heterocycles. The highest BCUT2D eigenvalue weighted by molar-refractivity contribution is 5.17. The van der Waals surface area contributed by atoms with E-state index in [4.69, 9.17) is 5.73 Å². The van der Waals surface area contributed by atoms with Crippen LogP contribution in [0.25, 0.3) is 0 Å². The lowest BCUT2D eigenvalue weighted by Gasteiger charge is -2.25. The third kappa shape index (κ3) is 2.16. The summed E-state index contributed by atoms with van der Waals surface area (Å²) in [6.07, 6.45) is 2.95. The summed E-state index contributed by atoms with van der Waals surface area (Å²) in [4.78, 5) is 8.59. The number of rotatable bonds is 3. The lowest BCUT2D eigenvalue weighted by Crippen LogP contribution is -2.18. The molecule has 1 aromatic rings. The number of aliphatic hydroxyl groups is 1. The van der Waals surface area contributed by atoms with E-state index in [-0.39, 0.29) is 6.54 Å². The second-order valence-electron chi connectivity index (χ2n) is 4.17. The van der Waals surface area contributed by atoms with Crippen LogP contribution < -0.4 is 5.73 Å². The molecule has 15 heavy (non-hydrogen) atoms. The molecule has 3 N–H and O–H groups in total. The zero-order valence-corrected chi connectivity index (χ0v) is 8.98. The van der Waals surface area contributed by atoms with Crippen molar-refractivity contribution in [3.05, 3.63) is 23.3 Å². The van der Waals surface area contributed by atoms with Gasteiger partial charge in [0.2, 0.25) is 0 Å². The van der Waals surface area contributed by atoms with Crippen LogP contribution in [0.15, 0.2) is 6.07 Å². The van der Waals surface area contributed by atoms with Crippen molar-refractivity contribution in [2.24, 2.45) is 5.73 Å². The molecule has 1 aliphatic rings. The van der Waals surface area contributed by atoms with Crippen LogP contribution in [0.3, 0.4) is 0 Å². The molecule has 1 heterocycles. The van der Waals surface area contributed by atoms with Crippen LogP contribution in [0.1, 0.15) is 48.5 Å². The summed E-state index contributed by atoms with van der Waals surface area (Å²) in [6.45, 7) is 2.10. The van der Waals surface area contributed by atoms with E-state index < -0.39 is 6.10 Å². The predicted octanol–water partition coefficient (Wildman–Crippen LogP) is 1.04. The van der Waals surface area contributed by atoms with E-state index in [0.29, 0.717) is 11.7 Å². The van der Waals surface area contributed by atoms with E-state index in [9.17, 15) is 5.11 Å². The van der Waals surface area contributed by atoms with Crippen LogP contribution in [0.5, 0.6) is 0 Å². The standard InChI is InChI=1S/C11H17N3O/c1-7-5-9(8-3-2-4-8)14-11(13-7)10(15)6-12/h5,8,10,15H,2-4,6,12H2,1H3. The largest absolute Gasteiger partial charge is 0.384 e. The van der Waals surface area contributed by atoms with Gasteiger partial charge in [-0.2, -0.15) is 0 Å². The maximum absolute atomic E-state index is 9.60. The minimum Gasteiger partial charge on any atom is -0.384 e. The van der Waals surface area contributed by atoms with E-state index in [1.165, 1.54) is 19.3 Å². The van der Waals surface area contributed by atoms with Crippen LogP contribution in [0.2, 0.25) is 0 Å². The molecule has 1 aromatic heterocycles. The van der Waals surface area contributed by atoms with Gasteiger partial charge in [0.15, 0.2) is 5.82 Å². The first kappa shape index (κ1) is 10.5. The first-order valence-electron chi connectivity index (χ1n) is 5.44. The Morgan fingerprint density at radius 2 is 2.27 bits per heavy atom. The predicted molar refractivity (Wildman–Crippen MR) is 57.4 cm³/mol. The lowest BCUT2D eigenvalue weighted by atomic mass is 9.82. The Hall–Kier alpha value is -1.00. The molecular formula is C11H17N3O. The molecule has 2 rings (SSSR count). The Morgan fingerprint density at radius 3 is 2.80 bits per heavy atom. The number of hydrogen-bond donors (Lipinski definition) is 2. The van der Waals surface area contributed by atoms with E-state index in [0.717, 1.165) is 11.4 Å². The minimum atomic E-state index is -0.733. The Morgan fingerprint density at radius 1 is 1.53 bits per heavy atom. The van der Waals surface area contributed by atoms with Gasteiger partial charge in [0.25, 0.3) is 0 Å². The van der Waals surface area contributed by atoms with Crippen molar-refractivity contribution in [2.45, 2.75) is 38.2 Å². The summed E-state index contributed by atoms with van der Waals surface area (Å²) in [5.74, 6) is 1.04. The Bertz CT molecular complexity index is 327. The average Bonchev–Trinajstić information content (AvgIpc) is 2.13. The number of aromatic nitrogens is 2. The lowest BCUT2D eigenvalue weighted by molar-refractivity contribution is 0.175. The molecule has 1 unspecified atom stereocenters. The molecule has 1 atom stereocenters. The number of aryl methyl sites for hydroxylation is 1. The van der Waals surface area contributed by atoms with Crippen LogP contribution in [0.4, 0.5) is 0 Å². The highest BCUT2D eigenvalue weighted by atomic mass is 16.3. The maximum atomic E-state index is 9.60. The van der Waals surface area contributed by atoms with E-state index >= 15 is 0 Å². The fourth-order valence-corrected chi connectivity index (χ4v) is 1.78. The quantitative estimate of drug-likeness (QED) is 0.777. The van der Waals surface area contributed by atoms with Crippen molar-refractivity contribution in [3.63, 3.8) is 0 Å². The summed E-state index contributed by atoms with van der Waals surface area (Å²) < 4.78 is 0. The average molecular weight is 207 g/mol. The van der Waals surface area contributed by atoms with Gasteiger partial charge in [-0.1, -0.05) is 6.42 Å². The first-order valence-corrected chi connectivity index (χ1v) is 5.44. The summed E-state index contributed by atoms with van der Waals surface area (Å²) in [5.41, 5.74) is 7.37. The number of nitrogens with zero attached hydrogens (tertiary/aromatic N) is 2. The van der Waals surface area contributed by atoms with Gasteiger partial charge in [-0.05, 0) is 25.8 Å². The highest BCUT2D eigenvalue weighted by Crippen LogP contribution is 2.35. The second kappa shape index (κ2) is 4.24. The minimum absolute atomic E-state index is 0.174. The van der Waals surface area contributed by atoms with Crippen LogP contribution in [-0.4, -0.2) is 21.6 Å². The summed E-state index contributed by atoms with van der Waals surface area (Å²) >= 11 is 0. The van der Waals surface area contributed by atoms with Gasteiger partial charge in [-0.3, -0.25) is 0 Å². The first-order chi connectivity index (χ1) is 7.20. The zero-order valence-electron chi connectivity index (χ0n) is 8.98. The van der Waals surface area contributed by atoms with Crippen LogP contribution in [0, 0.1) is 6.92 Å². The number of hydrogen-bond acceptors (Lipinski definition) is 4. The topological polar surface area (TPSA) is 72.0 Å². The molecule has 1 saturated carbocycles. The van der Waals surface area contributed by atoms with Crippen molar-refractivity contribution >= 4 is 0 Å². The van der Waals surface area contributed by atoms with Gasteiger partial charge < -0.3 is 10.8 Å². The van der Waals surface area contributed by atoms with Gasteiger partial charge in [0, 0.05) is 23.9 Å². The van der Waals surface area contributed by atoms with Gasteiger partial charge in [0.1, 0.15) is 6.10 Å². The zero-order chi connectivity index (χ0) is 10.8. The van der Waals surface area contributed by atoms with E-state index in [1.54, 1.807) is 0 Å². The molecule has 0 bridgehead atoms. The molecule has 4 nitrogen and oxygen atoms in total. The summed E-state index contributed by atoms with van der Waals surface area (Å²) in [7, 11) is 0. The van der Waals surface area contributed by atoms with Gasteiger partial charge in [0.05, 0.1) is 0 Å². The molecule has 1 aliphatic carbocycles. The normalized spacial score (nSPS) is 18.6. The molecule has 0 amide bonds. The fraction of sp³-hybridized carbons (Fsp3) is 0.636. The van der Waals surface area contributed by atoms with Crippen molar-refractivity contribution in [1.29, 1.82) is 0 Å². The molecule has 0 aliphatic heterocycles. The van der Waals surface area contributed by atoms with Gasteiger partial charge in [-0.15, -0.1) is 0 Å². The molecular weight excluding hydrogens is 190 g/mol. The van der Waals surface area contributed by atoms with Crippen molar-refractivity contribution in [2.75, 3.05) is 6.54 Å². The third-order valence-electron chi connectivity index (χ3n) is 2.94. The van der Waals surface area contributed by atoms with E-state index in [2.05, 4.69) is 9.97 Å². The third-order valence-corrected chi connectivity index (χ3v) is 2.94. The molecule has 4 heteroatoms. The van der Waals surface area contributed by atoms with Crippen molar-refractivity contribution < 1.29 is 5.11 Å². The molecule has 0 aromatic carbocycles. The molecule has 1 fully saturated rings. The van der Waals surface area contributed by atoms with Gasteiger partial charge >= 0.3 is 0 Å². The van der Waals surface area contributed by atoms with E-state index in [1.807, 2.05) is 13.0 Å². The van der Waals surface area contributed by atoms with Crippen molar-refractivity contribution in [3.8, 4) is 0 Å². The smallest absolute Gasteiger partial charge is 0.158 e. The molecule has 0 spiro atoms. The monoisotopic (exact) mass is 207 g/mol. The van der Waals surface area contributed by atoms with Crippen LogP contribution >= 0.6 is 0 Å². The fourth-order valence-electron chi connectivity index (χ4n) is 1.78. The maximum Gasteiger partial charge on any atom is 0.158 e. The van der Waals surface area contributed by atoms with Gasteiger partial charge in [-0.25, -0.2) is 9.97 Å². The Labute approximate surface area is 89.6 Å². The Kier molecular flexibility index (Phi) is 2.98. The molecule has 0 radical (unpaired) electrons. The highest BCUT2D eigenvalue weighted by Gasteiger charge is 2.22. The van der Waals surface area contributed by atoms with Crippen molar-refractivity contribution in [1.82, 2.24) is 9.97 Å². The molecule has 82 valence electrons.